The highest BCUT2D eigenvalue weighted by Crippen LogP contribution is 2.20. The highest BCUT2D eigenvalue weighted by molar-refractivity contribution is 5.28. The van der Waals surface area contributed by atoms with E-state index in [0.29, 0.717) is 6.10 Å². The molecule has 3 heterocycles. The average molecular weight is 261 g/mol. The van der Waals surface area contributed by atoms with Gasteiger partial charge in [0, 0.05) is 25.3 Å². The van der Waals surface area contributed by atoms with E-state index >= 15 is 0 Å². The van der Waals surface area contributed by atoms with E-state index in [1.165, 1.54) is 29.8 Å². The van der Waals surface area contributed by atoms with Gasteiger partial charge >= 0.3 is 0 Å². The number of aryl methyl sites for hydroxylation is 1. The fourth-order valence-electron chi connectivity index (χ4n) is 3.05. The average Bonchev–Trinajstić information content (AvgIpc) is 2.47. The van der Waals surface area contributed by atoms with Crippen molar-refractivity contribution >= 4 is 0 Å². The maximum absolute atomic E-state index is 5.80. The Morgan fingerprint density at radius 3 is 3.05 bits per heavy atom. The first-order chi connectivity index (χ1) is 9.36. The Morgan fingerprint density at radius 2 is 2.26 bits per heavy atom. The molecule has 2 aliphatic heterocycles. The standard InChI is InChI=1S/C15H23N3O/c1-2-13-12-6-7-16-10-14(12)18-15(17-13)9-11-5-3-4-8-19-11/h11,16H,2-10H2,1H3. The molecule has 4 nitrogen and oxygen atoms in total. The summed E-state index contributed by atoms with van der Waals surface area (Å²) in [5.41, 5.74) is 3.84. The monoisotopic (exact) mass is 261 g/mol. The number of aromatic nitrogens is 2. The third kappa shape index (κ3) is 2.95. The fraction of sp³-hybridized carbons (Fsp3) is 0.733. The van der Waals surface area contributed by atoms with Gasteiger partial charge < -0.3 is 10.1 Å². The molecule has 104 valence electrons. The van der Waals surface area contributed by atoms with E-state index in [1.807, 2.05) is 0 Å². The van der Waals surface area contributed by atoms with Crippen LogP contribution in [0.15, 0.2) is 0 Å². The Labute approximate surface area is 115 Å². The molecule has 4 heteroatoms. The highest BCUT2D eigenvalue weighted by atomic mass is 16.5. The van der Waals surface area contributed by atoms with Crippen LogP contribution in [-0.2, 0) is 30.5 Å². The quantitative estimate of drug-likeness (QED) is 0.901. The molecule has 1 fully saturated rings. The van der Waals surface area contributed by atoms with E-state index < -0.39 is 0 Å². The summed E-state index contributed by atoms with van der Waals surface area (Å²) in [7, 11) is 0. The van der Waals surface area contributed by atoms with Crippen molar-refractivity contribution < 1.29 is 4.74 Å². The van der Waals surface area contributed by atoms with Gasteiger partial charge in [-0.2, -0.15) is 0 Å². The predicted octanol–water partition coefficient (Wildman–Crippen LogP) is 1.80. The van der Waals surface area contributed by atoms with Crippen molar-refractivity contribution in [2.75, 3.05) is 13.2 Å². The Morgan fingerprint density at radius 1 is 1.32 bits per heavy atom. The van der Waals surface area contributed by atoms with Crippen LogP contribution in [0.4, 0.5) is 0 Å². The third-order valence-electron chi connectivity index (χ3n) is 4.09. The van der Waals surface area contributed by atoms with Gasteiger partial charge in [0.05, 0.1) is 11.8 Å². The lowest BCUT2D eigenvalue weighted by molar-refractivity contribution is 0.0155. The summed E-state index contributed by atoms with van der Waals surface area (Å²) in [6.45, 7) is 5.03. The normalized spacial score (nSPS) is 23.1. The van der Waals surface area contributed by atoms with Gasteiger partial charge in [0.1, 0.15) is 5.82 Å². The number of fused-ring (bicyclic) bond motifs is 1. The van der Waals surface area contributed by atoms with Crippen molar-refractivity contribution in [3.05, 3.63) is 22.8 Å². The summed E-state index contributed by atoms with van der Waals surface area (Å²) < 4.78 is 5.80. The molecule has 1 N–H and O–H groups in total. The van der Waals surface area contributed by atoms with Crippen LogP contribution in [0.25, 0.3) is 0 Å². The summed E-state index contributed by atoms with van der Waals surface area (Å²) in [4.78, 5) is 9.54. The molecule has 0 saturated carbocycles. The second-order valence-electron chi connectivity index (χ2n) is 5.48. The van der Waals surface area contributed by atoms with E-state index in [-0.39, 0.29) is 0 Å². The topological polar surface area (TPSA) is 47.0 Å². The van der Waals surface area contributed by atoms with Crippen LogP contribution in [-0.4, -0.2) is 29.2 Å². The first-order valence-electron chi connectivity index (χ1n) is 7.56. The van der Waals surface area contributed by atoms with Crippen LogP contribution < -0.4 is 5.32 Å². The maximum atomic E-state index is 5.80. The Balaban J connectivity index is 1.81. The largest absolute Gasteiger partial charge is 0.378 e. The molecule has 0 bridgehead atoms. The van der Waals surface area contributed by atoms with Crippen molar-refractivity contribution in [1.29, 1.82) is 0 Å². The highest BCUT2D eigenvalue weighted by Gasteiger charge is 2.20. The number of nitrogens with one attached hydrogen (secondary N) is 1. The molecule has 1 aromatic heterocycles. The van der Waals surface area contributed by atoms with Crippen molar-refractivity contribution in [1.82, 2.24) is 15.3 Å². The summed E-state index contributed by atoms with van der Waals surface area (Å²) in [5.74, 6) is 0.978. The minimum atomic E-state index is 0.327. The SMILES string of the molecule is CCc1nc(CC2CCCCO2)nc2c1CCNC2. The zero-order valence-corrected chi connectivity index (χ0v) is 11.7. The molecule has 2 aliphatic rings. The van der Waals surface area contributed by atoms with Gasteiger partial charge in [-0.3, -0.25) is 0 Å². The zero-order valence-electron chi connectivity index (χ0n) is 11.7. The molecule has 1 saturated heterocycles. The maximum Gasteiger partial charge on any atom is 0.131 e. The number of nitrogens with zero attached hydrogens (tertiary/aromatic N) is 2. The van der Waals surface area contributed by atoms with Crippen molar-refractivity contribution in [2.45, 2.75) is 58.1 Å². The molecule has 1 aromatic rings. The smallest absolute Gasteiger partial charge is 0.131 e. The number of hydrogen-bond acceptors (Lipinski definition) is 4. The third-order valence-corrected chi connectivity index (χ3v) is 4.09. The van der Waals surface area contributed by atoms with E-state index in [0.717, 1.165) is 51.2 Å². The van der Waals surface area contributed by atoms with Gasteiger partial charge in [-0.1, -0.05) is 6.92 Å². The van der Waals surface area contributed by atoms with Crippen LogP contribution in [0.1, 0.15) is 49.0 Å². The molecule has 3 rings (SSSR count). The first-order valence-corrected chi connectivity index (χ1v) is 7.56. The summed E-state index contributed by atoms with van der Waals surface area (Å²) in [5, 5.41) is 3.40. The van der Waals surface area contributed by atoms with Gasteiger partial charge in [-0.05, 0) is 44.2 Å². The van der Waals surface area contributed by atoms with Crippen LogP contribution in [0.5, 0.6) is 0 Å². The molecule has 19 heavy (non-hydrogen) atoms. The number of hydrogen-bond donors (Lipinski definition) is 1. The van der Waals surface area contributed by atoms with Crippen molar-refractivity contribution in [3.8, 4) is 0 Å². The lowest BCUT2D eigenvalue weighted by atomic mass is 10.0. The molecule has 0 aliphatic carbocycles. The van der Waals surface area contributed by atoms with Gasteiger partial charge in [0.2, 0.25) is 0 Å². The van der Waals surface area contributed by atoms with Gasteiger partial charge in [0.25, 0.3) is 0 Å². The van der Waals surface area contributed by atoms with Gasteiger partial charge in [-0.25, -0.2) is 9.97 Å². The second-order valence-corrected chi connectivity index (χ2v) is 5.48. The Bertz CT molecular complexity index is 424. The van der Waals surface area contributed by atoms with Crippen LogP contribution in [0.3, 0.4) is 0 Å². The van der Waals surface area contributed by atoms with Gasteiger partial charge in [-0.15, -0.1) is 0 Å². The van der Waals surface area contributed by atoms with Crippen LogP contribution in [0, 0.1) is 0 Å². The minimum Gasteiger partial charge on any atom is -0.378 e. The van der Waals surface area contributed by atoms with Crippen molar-refractivity contribution in [3.63, 3.8) is 0 Å². The predicted molar refractivity (Wildman–Crippen MR) is 74.1 cm³/mol. The summed E-state index contributed by atoms with van der Waals surface area (Å²) in [6.07, 6.45) is 6.90. The molecule has 0 radical (unpaired) electrons. The van der Waals surface area contributed by atoms with Crippen LogP contribution in [0.2, 0.25) is 0 Å². The van der Waals surface area contributed by atoms with E-state index in [9.17, 15) is 0 Å². The number of ether oxygens (including phenoxy) is 1. The Kier molecular flexibility index (Phi) is 4.09. The lowest BCUT2D eigenvalue weighted by Gasteiger charge is -2.24. The molecular formula is C15H23N3O. The molecule has 1 unspecified atom stereocenters. The molecule has 1 atom stereocenters. The van der Waals surface area contributed by atoms with Gasteiger partial charge in [0.15, 0.2) is 0 Å². The lowest BCUT2D eigenvalue weighted by Crippen LogP contribution is -2.28. The molecule has 0 amide bonds. The van der Waals surface area contributed by atoms with E-state index in [2.05, 4.69) is 12.2 Å². The van der Waals surface area contributed by atoms with E-state index in [4.69, 9.17) is 14.7 Å². The van der Waals surface area contributed by atoms with E-state index in [1.54, 1.807) is 0 Å². The summed E-state index contributed by atoms with van der Waals surface area (Å²) in [6, 6.07) is 0. The van der Waals surface area contributed by atoms with Crippen molar-refractivity contribution in [2.24, 2.45) is 0 Å². The molecule has 0 aromatic carbocycles. The summed E-state index contributed by atoms with van der Waals surface area (Å²) >= 11 is 0. The first kappa shape index (κ1) is 13.0. The van der Waals surface area contributed by atoms with Crippen LogP contribution >= 0.6 is 0 Å². The fourth-order valence-corrected chi connectivity index (χ4v) is 3.05. The zero-order chi connectivity index (χ0) is 13.1. The minimum absolute atomic E-state index is 0.327. The molecular weight excluding hydrogens is 238 g/mol. The second kappa shape index (κ2) is 5.97. The molecule has 0 spiro atoms. The Hall–Kier alpha value is -1.00. The number of rotatable bonds is 3.